The van der Waals surface area contributed by atoms with Crippen LogP contribution in [0.3, 0.4) is 0 Å². The fraction of sp³-hybridized carbons (Fsp3) is 0.333. The van der Waals surface area contributed by atoms with E-state index in [1.807, 2.05) is 86.6 Å². The van der Waals surface area contributed by atoms with Crippen molar-refractivity contribution in [3.05, 3.63) is 83.9 Å². The molecule has 0 bridgehead atoms. The van der Waals surface area contributed by atoms with Crippen molar-refractivity contribution >= 4 is 28.5 Å². The normalized spacial score (nSPS) is 15.7. The van der Waals surface area contributed by atoms with Crippen molar-refractivity contribution in [2.45, 2.75) is 45.4 Å². The number of carbonyl (C=O) groups excluding carboxylic acids is 2. The third-order valence-electron chi connectivity index (χ3n) is 6.89. The molecule has 5 rings (SSSR count). The summed E-state index contributed by atoms with van der Waals surface area (Å²) in [4.78, 5) is 29.7. The van der Waals surface area contributed by atoms with Crippen LogP contribution < -0.4 is 15.0 Å². The number of hydrogen-bond donors (Lipinski definition) is 1. The zero-order chi connectivity index (χ0) is 27.2. The second-order valence-corrected chi connectivity index (χ2v) is 9.57. The molecule has 0 spiro atoms. The molecule has 2 heterocycles. The molecule has 2 amide bonds. The Morgan fingerprint density at radius 1 is 1.10 bits per heavy atom. The van der Waals surface area contributed by atoms with Gasteiger partial charge in [-0.05, 0) is 68.1 Å². The summed E-state index contributed by atoms with van der Waals surface area (Å²) in [6.45, 7) is 5.38. The molecule has 1 saturated heterocycles. The third-order valence-corrected chi connectivity index (χ3v) is 6.89. The summed E-state index contributed by atoms with van der Waals surface area (Å²) in [6.07, 6.45) is 1.84. The number of nitrogens with zero attached hydrogens (tertiary/aromatic N) is 4. The summed E-state index contributed by atoms with van der Waals surface area (Å²) in [7, 11) is 0. The van der Waals surface area contributed by atoms with E-state index < -0.39 is 6.04 Å². The number of fused-ring (bicyclic) bond motifs is 1. The number of aryl methyl sites for hydroxylation is 1. The number of benzene rings is 3. The lowest BCUT2D eigenvalue weighted by Crippen LogP contribution is -2.47. The monoisotopic (exact) mass is 527 g/mol. The van der Waals surface area contributed by atoms with Crippen molar-refractivity contribution in [2.75, 3.05) is 24.7 Å². The number of anilines is 1. The average Bonchev–Trinajstić information content (AvgIpc) is 3.62. The third kappa shape index (κ3) is 5.93. The van der Waals surface area contributed by atoms with Crippen LogP contribution in [0.4, 0.5) is 5.69 Å². The van der Waals surface area contributed by atoms with Gasteiger partial charge in [0.25, 0.3) is 0 Å². The summed E-state index contributed by atoms with van der Waals surface area (Å²) in [5.41, 5.74) is 3.64. The second-order valence-electron chi connectivity index (χ2n) is 9.57. The Bertz CT molecular complexity index is 1430. The van der Waals surface area contributed by atoms with Crippen LogP contribution in [0.2, 0.25) is 0 Å². The van der Waals surface area contributed by atoms with Crippen LogP contribution in [0.5, 0.6) is 5.75 Å². The summed E-state index contributed by atoms with van der Waals surface area (Å²) in [5.74, 6) is 0.128. The van der Waals surface area contributed by atoms with E-state index in [2.05, 4.69) is 15.6 Å². The van der Waals surface area contributed by atoms with Gasteiger partial charge in [0.05, 0.1) is 18.2 Å². The first-order chi connectivity index (χ1) is 19.0. The van der Waals surface area contributed by atoms with Crippen molar-refractivity contribution in [3.8, 4) is 5.75 Å². The molecular weight excluding hydrogens is 494 g/mol. The summed E-state index contributed by atoms with van der Waals surface area (Å²) < 4.78 is 12.9. The zero-order valence-corrected chi connectivity index (χ0v) is 22.2. The molecular formula is C30H33N5O4. The van der Waals surface area contributed by atoms with E-state index in [-0.39, 0.29) is 24.5 Å². The Morgan fingerprint density at radius 2 is 1.87 bits per heavy atom. The predicted octanol–water partition coefficient (Wildman–Crippen LogP) is 4.21. The van der Waals surface area contributed by atoms with Gasteiger partial charge in [-0.25, -0.2) is 4.68 Å². The Balaban J connectivity index is 1.54. The lowest BCUT2D eigenvalue weighted by atomic mass is 10.0. The molecule has 1 aliphatic rings. The molecule has 1 aromatic heterocycles. The first-order valence-corrected chi connectivity index (χ1v) is 13.3. The number of carbonyl (C=O) groups is 2. The maximum atomic E-state index is 14.2. The van der Waals surface area contributed by atoms with E-state index in [4.69, 9.17) is 9.47 Å². The minimum Gasteiger partial charge on any atom is -0.494 e. The quantitative estimate of drug-likeness (QED) is 0.332. The van der Waals surface area contributed by atoms with E-state index in [1.54, 1.807) is 9.58 Å². The molecule has 0 radical (unpaired) electrons. The number of amides is 2. The van der Waals surface area contributed by atoms with E-state index >= 15 is 0 Å². The molecule has 2 atom stereocenters. The van der Waals surface area contributed by atoms with Gasteiger partial charge in [-0.15, -0.1) is 5.10 Å². The molecule has 0 saturated carbocycles. The summed E-state index contributed by atoms with van der Waals surface area (Å²) in [6, 6.07) is 21.5. The van der Waals surface area contributed by atoms with Gasteiger partial charge in [-0.1, -0.05) is 47.7 Å². The van der Waals surface area contributed by atoms with Gasteiger partial charge in [0, 0.05) is 18.8 Å². The number of aromatic nitrogens is 3. The molecule has 9 heteroatoms. The SMILES string of the molecule is CCOc1ccc([C@H](C(=O)NC[C@H]2CCCO2)N(C(=O)Cn2nnc3ccccc32)c2ccccc2C)cc1. The molecule has 1 fully saturated rings. The maximum absolute atomic E-state index is 14.2. The highest BCUT2D eigenvalue weighted by atomic mass is 16.5. The van der Waals surface area contributed by atoms with Gasteiger partial charge in [0.1, 0.15) is 23.9 Å². The largest absolute Gasteiger partial charge is 0.494 e. The number of nitrogens with one attached hydrogen (secondary N) is 1. The molecule has 0 unspecified atom stereocenters. The van der Waals surface area contributed by atoms with Crippen LogP contribution in [-0.4, -0.2) is 52.7 Å². The second kappa shape index (κ2) is 12.1. The van der Waals surface area contributed by atoms with E-state index in [0.717, 1.165) is 23.9 Å². The first-order valence-electron chi connectivity index (χ1n) is 13.3. The number of hydrogen-bond acceptors (Lipinski definition) is 6. The Morgan fingerprint density at radius 3 is 2.62 bits per heavy atom. The molecule has 3 aromatic carbocycles. The van der Waals surface area contributed by atoms with Crippen molar-refractivity contribution < 1.29 is 19.1 Å². The number of ether oxygens (including phenoxy) is 2. The van der Waals surface area contributed by atoms with E-state index in [1.165, 1.54) is 0 Å². The Labute approximate surface area is 227 Å². The fourth-order valence-corrected chi connectivity index (χ4v) is 4.94. The van der Waals surface area contributed by atoms with E-state index in [0.29, 0.717) is 42.3 Å². The highest BCUT2D eigenvalue weighted by molar-refractivity contribution is 6.02. The van der Waals surface area contributed by atoms with E-state index in [9.17, 15) is 9.59 Å². The number of rotatable bonds is 10. The molecule has 4 aromatic rings. The van der Waals surface area contributed by atoms with Crippen LogP contribution in [0.1, 0.15) is 36.9 Å². The minimum absolute atomic E-state index is 0.0287. The number of para-hydroxylation sites is 2. The first kappa shape index (κ1) is 26.4. The fourth-order valence-electron chi connectivity index (χ4n) is 4.94. The van der Waals surface area contributed by atoms with Crippen LogP contribution in [0, 0.1) is 6.92 Å². The van der Waals surface area contributed by atoms with Crippen LogP contribution in [0.15, 0.2) is 72.8 Å². The van der Waals surface area contributed by atoms with Gasteiger partial charge in [0.2, 0.25) is 11.8 Å². The molecule has 39 heavy (non-hydrogen) atoms. The lowest BCUT2D eigenvalue weighted by Gasteiger charge is -2.33. The summed E-state index contributed by atoms with van der Waals surface area (Å²) in [5, 5.41) is 11.5. The van der Waals surface area contributed by atoms with Gasteiger partial charge in [0.15, 0.2) is 0 Å². The predicted molar refractivity (Wildman–Crippen MR) is 149 cm³/mol. The lowest BCUT2D eigenvalue weighted by molar-refractivity contribution is -0.127. The highest BCUT2D eigenvalue weighted by Gasteiger charge is 2.34. The topological polar surface area (TPSA) is 98.6 Å². The van der Waals surface area contributed by atoms with Crippen LogP contribution in [-0.2, 0) is 20.9 Å². The smallest absolute Gasteiger partial charge is 0.249 e. The highest BCUT2D eigenvalue weighted by Crippen LogP contribution is 2.32. The van der Waals surface area contributed by atoms with Gasteiger partial charge < -0.3 is 14.8 Å². The van der Waals surface area contributed by atoms with Crippen molar-refractivity contribution in [1.82, 2.24) is 20.3 Å². The standard InChI is InChI=1S/C30H33N5O4/c1-3-38-23-16-14-22(15-17-23)29(30(37)31-19-24-10-8-18-39-24)35(26-12-6-4-9-21(26)2)28(36)20-34-27-13-7-5-11-25(27)32-33-34/h4-7,9,11-17,24,29H,3,8,10,18-20H2,1-2H3,(H,31,37)/t24-,29-/m1/s1. The molecule has 202 valence electrons. The summed E-state index contributed by atoms with van der Waals surface area (Å²) >= 11 is 0. The van der Waals surface area contributed by atoms with Crippen molar-refractivity contribution in [2.24, 2.45) is 0 Å². The van der Waals surface area contributed by atoms with Crippen molar-refractivity contribution in [1.29, 1.82) is 0 Å². The van der Waals surface area contributed by atoms with Crippen LogP contribution >= 0.6 is 0 Å². The van der Waals surface area contributed by atoms with Crippen molar-refractivity contribution in [3.63, 3.8) is 0 Å². The zero-order valence-electron chi connectivity index (χ0n) is 22.2. The minimum atomic E-state index is -0.925. The van der Waals surface area contributed by atoms with Gasteiger partial charge in [-0.3, -0.25) is 14.5 Å². The van der Waals surface area contributed by atoms with Crippen LogP contribution in [0.25, 0.3) is 11.0 Å². The van der Waals surface area contributed by atoms with Gasteiger partial charge >= 0.3 is 0 Å². The molecule has 9 nitrogen and oxygen atoms in total. The molecule has 1 aliphatic heterocycles. The van der Waals surface area contributed by atoms with Gasteiger partial charge in [-0.2, -0.15) is 0 Å². The Hall–Kier alpha value is -4.24. The average molecular weight is 528 g/mol. The molecule has 1 N–H and O–H groups in total. The molecule has 0 aliphatic carbocycles. The Kier molecular flexibility index (Phi) is 8.17. The maximum Gasteiger partial charge on any atom is 0.249 e.